The van der Waals surface area contributed by atoms with Crippen LogP contribution in [0.1, 0.15) is 30.4 Å². The van der Waals surface area contributed by atoms with Crippen LogP contribution in [-0.2, 0) is 61.2 Å². The quantitative estimate of drug-likeness (QED) is 0.0178. The number of anilines is 2. The lowest BCUT2D eigenvalue weighted by Gasteiger charge is -2.38. The van der Waals surface area contributed by atoms with Gasteiger partial charge in [0.15, 0.2) is 0 Å². The number of carbonyl (C=O) groups excluding carboxylic acids is 3. The van der Waals surface area contributed by atoms with Gasteiger partial charge in [-0.25, -0.2) is 24.3 Å². The van der Waals surface area contributed by atoms with E-state index in [9.17, 15) is 54.0 Å². The average Bonchev–Trinajstić information content (AvgIpc) is 1.65. The third kappa shape index (κ3) is 28.0. The molecule has 2 aromatic rings. The number of urea groups is 1. The molecule has 516 valence electrons. The minimum absolute atomic E-state index is 0.0192. The van der Waals surface area contributed by atoms with Gasteiger partial charge in [0.05, 0.1) is 77.8 Å². The molecule has 4 fully saturated rings. The van der Waals surface area contributed by atoms with E-state index in [-0.39, 0.29) is 114 Å². The normalized spacial score (nSPS) is 22.1. The third-order valence-corrected chi connectivity index (χ3v) is 18.5. The molecule has 4 aliphatic rings. The number of aliphatic carboxylic acids is 4. The van der Waals surface area contributed by atoms with Crippen molar-refractivity contribution in [3.8, 4) is 0 Å². The van der Waals surface area contributed by atoms with Gasteiger partial charge in [-0.2, -0.15) is 11.8 Å². The number of hydrogen-bond donors (Lipinski definition) is 12. The summed E-state index contributed by atoms with van der Waals surface area (Å²) in [6, 6.07) is 13.1. The van der Waals surface area contributed by atoms with E-state index >= 15 is 0 Å². The molecule has 0 radical (unpaired) electrons. The van der Waals surface area contributed by atoms with Crippen LogP contribution < -0.4 is 21.3 Å². The number of thioether (sulfide) groups is 1. The van der Waals surface area contributed by atoms with Gasteiger partial charge < -0.3 is 41.7 Å². The summed E-state index contributed by atoms with van der Waals surface area (Å²) in [5.74, 6) is -4.19. The molecule has 6 rings (SSSR count). The molecule has 0 spiro atoms. The zero-order chi connectivity index (χ0) is 66.2. The van der Waals surface area contributed by atoms with Crippen molar-refractivity contribution in [3.05, 3.63) is 59.7 Å². The van der Waals surface area contributed by atoms with E-state index < -0.39 is 36.0 Å². The number of nitrogens with one attached hydrogen (secondary N) is 4. The smallest absolute Gasteiger partial charge is 0.317 e. The maximum atomic E-state index is 14.0. The van der Waals surface area contributed by atoms with Crippen molar-refractivity contribution in [1.29, 1.82) is 0 Å². The highest BCUT2D eigenvalue weighted by Crippen LogP contribution is 2.33. The highest BCUT2D eigenvalue weighted by Gasteiger charge is 2.42. The molecule has 32 nitrogen and oxygen atoms in total. The fourth-order valence-electron chi connectivity index (χ4n) is 12.2. The first-order chi connectivity index (χ1) is 44.4. The van der Waals surface area contributed by atoms with Gasteiger partial charge in [-0.15, -0.1) is 0 Å². The number of nitrogens with zero attached hydrogens (tertiary/aromatic N) is 9. The molecule has 4 heterocycles. The van der Waals surface area contributed by atoms with Crippen molar-refractivity contribution in [2.45, 2.75) is 61.5 Å². The van der Waals surface area contributed by atoms with Crippen molar-refractivity contribution < 1.29 is 94.6 Å². The number of carbonyl (C=O) groups is 7. The van der Waals surface area contributed by atoms with Crippen LogP contribution in [0.5, 0.6) is 0 Å². The predicted octanol–water partition coefficient (Wildman–Crippen LogP) is -0.536. The summed E-state index contributed by atoms with van der Waals surface area (Å²) in [5, 5.41) is 88.8. The van der Waals surface area contributed by atoms with E-state index in [1.54, 1.807) is 50.7 Å². The van der Waals surface area contributed by atoms with Crippen LogP contribution in [0.2, 0.25) is 0 Å². The Hall–Kier alpha value is -5.80. The molecule has 33 heteroatoms. The molecular formula is C59H95N13O19S. The third-order valence-electron chi connectivity index (χ3n) is 17.0. The number of fused-ring (bicyclic) bond motifs is 1. The highest BCUT2D eigenvalue weighted by atomic mass is 32.2. The molecule has 0 saturated carbocycles. The van der Waals surface area contributed by atoms with Gasteiger partial charge in [0, 0.05) is 152 Å². The molecule has 0 aromatic heterocycles. The molecule has 2 aromatic carbocycles. The second kappa shape index (κ2) is 41.1. The molecule has 0 bridgehead atoms. The number of rotatable bonds is 35. The molecular weight excluding hydrogens is 1230 g/mol. The average molecular weight is 1320 g/mol. The number of hydrogen-bond acceptors (Lipinski definition) is 25. The van der Waals surface area contributed by atoms with E-state index in [0.717, 1.165) is 29.7 Å². The predicted molar refractivity (Wildman–Crippen MR) is 338 cm³/mol. The van der Waals surface area contributed by atoms with Gasteiger partial charge in [0.25, 0.3) is 0 Å². The Morgan fingerprint density at radius 1 is 0.500 bits per heavy atom. The largest absolute Gasteiger partial charge is 0.480 e. The van der Waals surface area contributed by atoms with Crippen molar-refractivity contribution in [2.75, 3.05) is 206 Å². The van der Waals surface area contributed by atoms with E-state index in [0.29, 0.717) is 142 Å². The summed E-state index contributed by atoms with van der Waals surface area (Å²) in [5.41, 5.74) is 2.52. The Morgan fingerprint density at radius 3 is 1.24 bits per heavy atom. The summed E-state index contributed by atoms with van der Waals surface area (Å²) in [6.45, 7) is 5.72. The van der Waals surface area contributed by atoms with Crippen LogP contribution in [0.3, 0.4) is 0 Å². The zero-order valence-electron chi connectivity index (χ0n) is 52.3. The van der Waals surface area contributed by atoms with Crippen LogP contribution in [0, 0.1) is 0 Å². The summed E-state index contributed by atoms with van der Waals surface area (Å²) in [7, 11) is 0. The summed E-state index contributed by atoms with van der Waals surface area (Å²) < 4.78 is 0. The second-order valence-corrected chi connectivity index (χ2v) is 25.0. The van der Waals surface area contributed by atoms with Crippen molar-refractivity contribution in [1.82, 2.24) is 54.7 Å². The van der Waals surface area contributed by atoms with E-state index in [1.807, 2.05) is 53.7 Å². The maximum Gasteiger partial charge on any atom is 0.317 e. The van der Waals surface area contributed by atoms with Crippen LogP contribution in [0.15, 0.2) is 48.5 Å². The molecule has 4 aliphatic heterocycles. The van der Waals surface area contributed by atoms with Gasteiger partial charge >= 0.3 is 29.9 Å². The molecule has 12 N–H and O–H groups in total. The lowest BCUT2D eigenvalue weighted by atomic mass is 10.0. The number of amides is 4. The Morgan fingerprint density at radius 2 is 0.870 bits per heavy atom. The van der Waals surface area contributed by atoms with E-state index in [4.69, 9.17) is 21.0 Å². The van der Waals surface area contributed by atoms with Crippen molar-refractivity contribution in [3.63, 3.8) is 0 Å². The molecule has 92 heavy (non-hydrogen) atoms. The van der Waals surface area contributed by atoms with Gasteiger partial charge in [0.1, 0.15) is 0 Å². The molecule has 5 atom stereocenters. The molecule has 5 unspecified atom stereocenters. The summed E-state index contributed by atoms with van der Waals surface area (Å²) in [6.07, 6.45) is 2.87. The van der Waals surface area contributed by atoms with Crippen LogP contribution in [-0.4, -0.2) is 352 Å². The standard InChI is InChI=1S/C59H95N13O19S/c73-52(60-46-8-4-44(5-9-46)33-48-35-69(39-54(75)76)19-17-64(25-29-88-84)13-15-66(27-31-90-86)21-23-71(48)41-56(79)80)37-68(12-2-1-3-51-58-50(43-92-51)62-59(83)63-58)38-53(74)61-47-10-6-45(7-11-47)34-49-36-70(40-55(77)78)20-18-65(26-30-89-85)14-16-67(28-32-91-87)22-24-72(49)42-57(81)82/h4-11,48-51,58,84-87H,1-3,12-43H2,(H,60,73)(H,61,74)(H,75,76)(H,77,78)(H,79,80)(H,81,82)(H2,62,63,83). The van der Waals surface area contributed by atoms with Crippen LogP contribution in [0.25, 0.3) is 0 Å². The summed E-state index contributed by atoms with van der Waals surface area (Å²) >= 11 is 1.80. The minimum Gasteiger partial charge on any atom is -0.480 e. The fraction of sp³-hybridized carbons (Fsp3) is 0.678. The molecule has 4 saturated heterocycles. The number of benzene rings is 2. The van der Waals surface area contributed by atoms with Gasteiger partial charge in [-0.1, -0.05) is 30.7 Å². The minimum atomic E-state index is -1.06. The fourth-order valence-corrected chi connectivity index (χ4v) is 13.8. The van der Waals surface area contributed by atoms with Gasteiger partial charge in [0.2, 0.25) is 11.8 Å². The topological polar surface area (TPSA) is 396 Å². The van der Waals surface area contributed by atoms with E-state index in [2.05, 4.69) is 40.8 Å². The Balaban J connectivity index is 1.14. The first-order valence-electron chi connectivity index (χ1n) is 31.3. The Bertz CT molecular complexity index is 2430. The maximum absolute atomic E-state index is 14.0. The van der Waals surface area contributed by atoms with Crippen LogP contribution >= 0.6 is 11.8 Å². The Kier molecular flexibility index (Phi) is 33.6. The molecule has 4 amide bonds. The summed E-state index contributed by atoms with van der Waals surface area (Å²) in [4.78, 5) is 124. The van der Waals surface area contributed by atoms with Gasteiger partial charge in [-0.3, -0.25) is 93.9 Å². The zero-order valence-corrected chi connectivity index (χ0v) is 53.1. The second-order valence-electron chi connectivity index (χ2n) is 23.7. The molecule has 0 aliphatic carbocycles. The number of unbranched alkanes of at least 4 members (excludes halogenated alkanes) is 1. The lowest BCUT2D eigenvalue weighted by molar-refractivity contribution is -0.245. The lowest BCUT2D eigenvalue weighted by Crippen LogP contribution is -2.53. The van der Waals surface area contributed by atoms with Crippen LogP contribution in [0.4, 0.5) is 16.2 Å². The van der Waals surface area contributed by atoms with Gasteiger partial charge in [-0.05, 0) is 67.6 Å². The van der Waals surface area contributed by atoms with E-state index in [1.165, 1.54) is 0 Å². The first kappa shape index (κ1) is 75.2. The SMILES string of the molecule is O=C(O)CN1CCN(CCOO)CCN(CCOO)CCN(CC(=O)O)C(Cc2ccc(NC(=O)CN(CCCCC3SCC4NC(=O)NC43)CC(=O)Nc3ccc(CC4CN(CC(=O)O)CCN(CCOO)CCN(CCOO)CCN4CC(=O)O)cc3)cc2)C1. The monoisotopic (exact) mass is 1320 g/mol. The van der Waals surface area contributed by atoms with Crippen molar-refractivity contribution in [2.24, 2.45) is 0 Å². The highest BCUT2D eigenvalue weighted by molar-refractivity contribution is 8.00. The van der Waals surface area contributed by atoms with Crippen molar-refractivity contribution >= 4 is 64.9 Å². The Labute approximate surface area is 539 Å². The first-order valence-corrected chi connectivity index (χ1v) is 32.4. The number of carboxylic acid groups (broad SMARTS) is 4. The number of carboxylic acids is 4.